The van der Waals surface area contributed by atoms with Crippen molar-refractivity contribution in [3.05, 3.63) is 30.3 Å². The monoisotopic (exact) mass is 204 g/mol. The standard InChI is InChI=1S/C13H20N2/c1-11(2)13-10-15(9-8-14-13)12-6-4-3-5-7-12/h3-7,11,13-14H,8-10H2,1-2H3/t13-/m0/s1. The number of benzene rings is 1. The van der Waals surface area contributed by atoms with E-state index in [2.05, 4.69) is 54.4 Å². The first-order valence-corrected chi connectivity index (χ1v) is 5.81. The SMILES string of the molecule is CC(C)[C@@H]1CN(c2ccccc2)CCN1. The summed E-state index contributed by atoms with van der Waals surface area (Å²) in [6.07, 6.45) is 0. The van der Waals surface area contributed by atoms with E-state index in [-0.39, 0.29) is 0 Å². The molecular weight excluding hydrogens is 184 g/mol. The van der Waals surface area contributed by atoms with Crippen molar-refractivity contribution in [3.63, 3.8) is 0 Å². The lowest BCUT2D eigenvalue weighted by Gasteiger charge is -2.37. The van der Waals surface area contributed by atoms with Gasteiger partial charge in [-0.05, 0) is 18.1 Å². The van der Waals surface area contributed by atoms with Crippen LogP contribution in [0.1, 0.15) is 13.8 Å². The molecule has 2 nitrogen and oxygen atoms in total. The highest BCUT2D eigenvalue weighted by molar-refractivity contribution is 5.46. The van der Waals surface area contributed by atoms with Crippen LogP contribution in [0.3, 0.4) is 0 Å². The Balaban J connectivity index is 2.05. The maximum Gasteiger partial charge on any atom is 0.0367 e. The largest absolute Gasteiger partial charge is 0.369 e. The van der Waals surface area contributed by atoms with E-state index >= 15 is 0 Å². The van der Waals surface area contributed by atoms with E-state index in [1.165, 1.54) is 5.69 Å². The first-order chi connectivity index (χ1) is 7.27. The molecule has 1 fully saturated rings. The molecule has 0 aliphatic carbocycles. The van der Waals surface area contributed by atoms with Crippen molar-refractivity contribution in [2.24, 2.45) is 5.92 Å². The lowest BCUT2D eigenvalue weighted by Crippen LogP contribution is -2.52. The molecule has 1 N–H and O–H groups in total. The van der Waals surface area contributed by atoms with E-state index in [9.17, 15) is 0 Å². The fraction of sp³-hybridized carbons (Fsp3) is 0.538. The Kier molecular flexibility index (Phi) is 3.27. The summed E-state index contributed by atoms with van der Waals surface area (Å²) in [4.78, 5) is 2.47. The van der Waals surface area contributed by atoms with E-state index in [0.29, 0.717) is 12.0 Å². The second-order valence-corrected chi connectivity index (χ2v) is 4.59. The van der Waals surface area contributed by atoms with Gasteiger partial charge in [0.15, 0.2) is 0 Å². The van der Waals surface area contributed by atoms with E-state index in [1.54, 1.807) is 0 Å². The van der Waals surface area contributed by atoms with Gasteiger partial charge in [-0.25, -0.2) is 0 Å². The van der Waals surface area contributed by atoms with Crippen LogP contribution in [-0.4, -0.2) is 25.7 Å². The summed E-state index contributed by atoms with van der Waals surface area (Å²) < 4.78 is 0. The van der Waals surface area contributed by atoms with Gasteiger partial charge < -0.3 is 10.2 Å². The Labute approximate surface area is 92.3 Å². The molecule has 1 saturated heterocycles. The molecule has 1 aliphatic rings. The lowest BCUT2D eigenvalue weighted by atomic mass is 10.0. The van der Waals surface area contributed by atoms with Gasteiger partial charge >= 0.3 is 0 Å². The zero-order valence-electron chi connectivity index (χ0n) is 9.61. The van der Waals surface area contributed by atoms with Gasteiger partial charge in [0.05, 0.1) is 0 Å². The molecule has 0 aromatic heterocycles. The third kappa shape index (κ3) is 2.51. The molecule has 0 amide bonds. The van der Waals surface area contributed by atoms with Gasteiger partial charge in [-0.1, -0.05) is 32.0 Å². The second kappa shape index (κ2) is 4.67. The molecule has 0 unspecified atom stereocenters. The molecule has 1 aromatic carbocycles. The van der Waals surface area contributed by atoms with Crippen molar-refractivity contribution in [1.29, 1.82) is 0 Å². The molecule has 0 saturated carbocycles. The van der Waals surface area contributed by atoms with Crippen LogP contribution in [0.2, 0.25) is 0 Å². The zero-order chi connectivity index (χ0) is 10.7. The summed E-state index contributed by atoms with van der Waals surface area (Å²) in [6.45, 7) is 7.91. The van der Waals surface area contributed by atoms with Crippen molar-refractivity contribution in [2.45, 2.75) is 19.9 Å². The first kappa shape index (κ1) is 10.5. The Morgan fingerprint density at radius 1 is 1.27 bits per heavy atom. The quantitative estimate of drug-likeness (QED) is 0.794. The third-order valence-electron chi connectivity index (χ3n) is 3.13. The van der Waals surface area contributed by atoms with Gasteiger partial charge in [0, 0.05) is 31.4 Å². The molecule has 0 radical (unpaired) electrons. The average molecular weight is 204 g/mol. The molecule has 2 heteroatoms. The van der Waals surface area contributed by atoms with Gasteiger partial charge in [-0.3, -0.25) is 0 Å². The molecule has 1 atom stereocenters. The predicted molar refractivity (Wildman–Crippen MR) is 65.3 cm³/mol. The van der Waals surface area contributed by atoms with Gasteiger partial charge in [0.25, 0.3) is 0 Å². The number of piperazine rings is 1. The highest BCUT2D eigenvalue weighted by Crippen LogP contribution is 2.17. The van der Waals surface area contributed by atoms with Crippen LogP contribution in [0.25, 0.3) is 0 Å². The van der Waals surface area contributed by atoms with Gasteiger partial charge in [0.1, 0.15) is 0 Å². The molecule has 15 heavy (non-hydrogen) atoms. The van der Waals surface area contributed by atoms with E-state index in [1.807, 2.05) is 0 Å². The van der Waals surface area contributed by atoms with Gasteiger partial charge in [0.2, 0.25) is 0 Å². The first-order valence-electron chi connectivity index (χ1n) is 5.81. The lowest BCUT2D eigenvalue weighted by molar-refractivity contribution is 0.368. The van der Waals surface area contributed by atoms with Crippen molar-refractivity contribution in [1.82, 2.24) is 5.32 Å². The fourth-order valence-corrected chi connectivity index (χ4v) is 2.10. The fourth-order valence-electron chi connectivity index (χ4n) is 2.10. The second-order valence-electron chi connectivity index (χ2n) is 4.59. The predicted octanol–water partition coefficient (Wildman–Crippen LogP) is 2.12. The normalized spacial score (nSPS) is 22.1. The summed E-state index contributed by atoms with van der Waals surface area (Å²) in [5.74, 6) is 0.705. The van der Waals surface area contributed by atoms with Crippen LogP contribution >= 0.6 is 0 Å². The maximum absolute atomic E-state index is 3.58. The zero-order valence-corrected chi connectivity index (χ0v) is 9.61. The number of rotatable bonds is 2. The van der Waals surface area contributed by atoms with E-state index < -0.39 is 0 Å². The van der Waals surface area contributed by atoms with Crippen molar-refractivity contribution < 1.29 is 0 Å². The van der Waals surface area contributed by atoms with Crippen LogP contribution < -0.4 is 10.2 Å². The summed E-state index contributed by atoms with van der Waals surface area (Å²) >= 11 is 0. The molecule has 0 spiro atoms. The number of hydrogen-bond acceptors (Lipinski definition) is 2. The number of nitrogens with one attached hydrogen (secondary N) is 1. The van der Waals surface area contributed by atoms with Crippen molar-refractivity contribution in [2.75, 3.05) is 24.5 Å². The number of hydrogen-bond donors (Lipinski definition) is 1. The Hall–Kier alpha value is -1.02. The number of para-hydroxylation sites is 1. The number of anilines is 1. The van der Waals surface area contributed by atoms with Crippen molar-refractivity contribution in [3.8, 4) is 0 Å². The topological polar surface area (TPSA) is 15.3 Å². The van der Waals surface area contributed by atoms with Crippen molar-refractivity contribution >= 4 is 5.69 Å². The smallest absolute Gasteiger partial charge is 0.0367 e. The summed E-state index contributed by atoms with van der Waals surface area (Å²) in [7, 11) is 0. The summed E-state index contributed by atoms with van der Waals surface area (Å²) in [5, 5.41) is 3.58. The average Bonchev–Trinajstić information content (AvgIpc) is 2.30. The molecule has 0 bridgehead atoms. The molecule has 82 valence electrons. The summed E-state index contributed by atoms with van der Waals surface area (Å²) in [5.41, 5.74) is 1.35. The maximum atomic E-state index is 3.58. The Bertz CT molecular complexity index is 295. The van der Waals surface area contributed by atoms with Crippen LogP contribution in [0.15, 0.2) is 30.3 Å². The molecule has 1 aromatic rings. The van der Waals surface area contributed by atoms with Crippen LogP contribution in [0.4, 0.5) is 5.69 Å². The van der Waals surface area contributed by atoms with Crippen LogP contribution in [0, 0.1) is 5.92 Å². The van der Waals surface area contributed by atoms with Gasteiger partial charge in [-0.2, -0.15) is 0 Å². The Morgan fingerprint density at radius 3 is 2.67 bits per heavy atom. The molecular formula is C13H20N2. The highest BCUT2D eigenvalue weighted by atomic mass is 15.2. The molecule has 1 heterocycles. The van der Waals surface area contributed by atoms with Gasteiger partial charge in [-0.15, -0.1) is 0 Å². The van der Waals surface area contributed by atoms with Crippen LogP contribution in [-0.2, 0) is 0 Å². The Morgan fingerprint density at radius 2 is 2.00 bits per heavy atom. The number of nitrogens with zero attached hydrogens (tertiary/aromatic N) is 1. The minimum atomic E-state index is 0.624. The highest BCUT2D eigenvalue weighted by Gasteiger charge is 2.21. The minimum absolute atomic E-state index is 0.624. The molecule has 2 rings (SSSR count). The molecule has 1 aliphatic heterocycles. The van der Waals surface area contributed by atoms with E-state index in [4.69, 9.17) is 0 Å². The third-order valence-corrected chi connectivity index (χ3v) is 3.13. The minimum Gasteiger partial charge on any atom is -0.369 e. The van der Waals surface area contributed by atoms with Crippen LogP contribution in [0.5, 0.6) is 0 Å². The summed E-state index contributed by atoms with van der Waals surface area (Å²) in [6, 6.07) is 11.3. The van der Waals surface area contributed by atoms with E-state index in [0.717, 1.165) is 19.6 Å².